The molecule has 6 heteroatoms. The van der Waals surface area contributed by atoms with E-state index >= 15 is 0 Å². The van der Waals surface area contributed by atoms with Crippen molar-refractivity contribution in [1.29, 1.82) is 0 Å². The number of ether oxygens (including phenoxy) is 1. The van der Waals surface area contributed by atoms with Gasteiger partial charge in [0, 0.05) is 11.1 Å². The van der Waals surface area contributed by atoms with E-state index in [4.69, 9.17) is 10.5 Å². The van der Waals surface area contributed by atoms with Gasteiger partial charge in [-0.3, -0.25) is 0 Å². The number of halogens is 1. The van der Waals surface area contributed by atoms with Gasteiger partial charge in [0.15, 0.2) is 0 Å². The third-order valence-corrected chi connectivity index (χ3v) is 7.39. The minimum atomic E-state index is -1.46. The molecular weight excluding hydrogens is 457 g/mol. The predicted molar refractivity (Wildman–Crippen MR) is 137 cm³/mol. The fourth-order valence-corrected chi connectivity index (χ4v) is 5.61. The van der Waals surface area contributed by atoms with Gasteiger partial charge in [0.25, 0.3) is 0 Å². The number of benzene rings is 3. The van der Waals surface area contributed by atoms with Crippen LogP contribution >= 0.6 is 0 Å². The van der Waals surface area contributed by atoms with Crippen molar-refractivity contribution in [3.63, 3.8) is 0 Å². The van der Waals surface area contributed by atoms with Gasteiger partial charge in [0.1, 0.15) is 18.2 Å². The van der Waals surface area contributed by atoms with Gasteiger partial charge >= 0.3 is 5.97 Å². The van der Waals surface area contributed by atoms with Gasteiger partial charge in [-0.2, -0.15) is 0 Å². The van der Waals surface area contributed by atoms with Crippen molar-refractivity contribution in [3.05, 3.63) is 100 Å². The van der Waals surface area contributed by atoms with E-state index in [-0.39, 0.29) is 24.7 Å². The van der Waals surface area contributed by atoms with Gasteiger partial charge in [0.05, 0.1) is 17.2 Å². The molecule has 0 amide bonds. The number of phenolic OH excluding ortho intramolecular Hbond substituents is 1. The molecule has 0 radical (unpaired) electrons. The van der Waals surface area contributed by atoms with Crippen LogP contribution in [0.5, 0.6) is 5.75 Å². The molecule has 0 fully saturated rings. The number of nitrogens with two attached hydrogens (primary N) is 1. The molecule has 2 unspecified atom stereocenters. The van der Waals surface area contributed by atoms with Crippen LogP contribution in [0.3, 0.4) is 0 Å². The highest BCUT2D eigenvalue weighted by Gasteiger charge is 2.45. The van der Waals surface area contributed by atoms with Crippen LogP contribution in [0.25, 0.3) is 0 Å². The van der Waals surface area contributed by atoms with Gasteiger partial charge in [-0.1, -0.05) is 64.1 Å². The molecule has 36 heavy (non-hydrogen) atoms. The summed E-state index contributed by atoms with van der Waals surface area (Å²) in [4.78, 5) is 11.9. The largest absolute Gasteiger partial charge is 0.508 e. The Morgan fingerprint density at radius 2 is 1.64 bits per heavy atom. The Kier molecular flexibility index (Phi) is 6.71. The van der Waals surface area contributed by atoms with Crippen LogP contribution in [0, 0.1) is 5.82 Å². The zero-order valence-corrected chi connectivity index (χ0v) is 21.2. The molecule has 5 nitrogen and oxygen atoms in total. The predicted octanol–water partition coefficient (Wildman–Crippen LogP) is 5.67. The molecule has 0 aliphatic carbocycles. The van der Waals surface area contributed by atoms with E-state index in [2.05, 4.69) is 13.8 Å². The molecule has 3 aromatic rings. The number of aliphatic hydroxyl groups is 1. The average molecular weight is 492 g/mol. The third kappa shape index (κ3) is 5.01. The van der Waals surface area contributed by atoms with E-state index < -0.39 is 28.3 Å². The summed E-state index contributed by atoms with van der Waals surface area (Å²) in [5.74, 6) is -0.863. The van der Waals surface area contributed by atoms with Gasteiger partial charge in [-0.15, -0.1) is 0 Å². The second-order valence-corrected chi connectivity index (χ2v) is 11.2. The number of hydrogen-bond acceptors (Lipinski definition) is 5. The maximum atomic E-state index is 14.1. The first-order valence-electron chi connectivity index (χ1n) is 12.1. The first-order chi connectivity index (χ1) is 16.8. The summed E-state index contributed by atoms with van der Waals surface area (Å²) in [5, 5.41) is 22.9. The molecule has 3 aromatic carbocycles. The Morgan fingerprint density at radius 1 is 0.972 bits per heavy atom. The second kappa shape index (κ2) is 9.34. The maximum Gasteiger partial charge on any atom is 0.338 e. The van der Waals surface area contributed by atoms with Crippen LogP contribution < -0.4 is 5.73 Å². The number of phenols is 1. The standard InChI is InChI=1S/C30H34FNO4/c1-28(2,21-8-6-5-7-9-21)17-30(35,18-29(3,4)24-15-22(31)11-13-25(24)33)26(32)19-10-12-23-20(14-19)16-36-27(23)34/h5-15,26,33,35H,16-18,32H2,1-4H3. The Bertz CT molecular complexity index is 1270. The first-order valence-corrected chi connectivity index (χ1v) is 12.1. The molecule has 1 aliphatic rings. The van der Waals surface area contributed by atoms with Gasteiger partial charge in [0.2, 0.25) is 0 Å². The summed E-state index contributed by atoms with van der Waals surface area (Å²) in [6, 6.07) is 18.2. The summed E-state index contributed by atoms with van der Waals surface area (Å²) in [5.41, 5.74) is 7.47. The maximum absolute atomic E-state index is 14.1. The topological polar surface area (TPSA) is 92.8 Å². The van der Waals surface area contributed by atoms with E-state index in [9.17, 15) is 19.4 Å². The number of cyclic esters (lactones) is 1. The molecule has 2 atom stereocenters. The molecule has 0 bridgehead atoms. The summed E-state index contributed by atoms with van der Waals surface area (Å²) in [7, 11) is 0. The van der Waals surface area contributed by atoms with Crippen molar-refractivity contribution in [1.82, 2.24) is 0 Å². The fourth-order valence-electron chi connectivity index (χ4n) is 5.61. The lowest BCUT2D eigenvalue weighted by atomic mass is 9.65. The van der Waals surface area contributed by atoms with Crippen molar-refractivity contribution in [2.45, 2.75) is 69.6 Å². The minimum absolute atomic E-state index is 0.0344. The van der Waals surface area contributed by atoms with Crippen molar-refractivity contribution < 1.29 is 24.1 Å². The molecule has 1 heterocycles. The Morgan fingerprint density at radius 3 is 2.33 bits per heavy atom. The van der Waals surface area contributed by atoms with Crippen LogP contribution in [-0.2, 0) is 22.2 Å². The first kappa shape index (κ1) is 25.9. The lowest BCUT2D eigenvalue weighted by molar-refractivity contribution is -0.0347. The average Bonchev–Trinajstić information content (AvgIpc) is 3.20. The number of fused-ring (bicyclic) bond motifs is 1. The highest BCUT2D eigenvalue weighted by atomic mass is 19.1. The number of hydrogen-bond donors (Lipinski definition) is 3. The van der Waals surface area contributed by atoms with Crippen molar-refractivity contribution in [2.24, 2.45) is 5.73 Å². The number of carbonyl (C=O) groups is 1. The van der Waals surface area contributed by atoms with Crippen LogP contribution in [-0.4, -0.2) is 21.8 Å². The van der Waals surface area contributed by atoms with E-state index in [0.29, 0.717) is 23.1 Å². The zero-order chi connectivity index (χ0) is 26.3. The zero-order valence-electron chi connectivity index (χ0n) is 21.2. The van der Waals surface area contributed by atoms with Gasteiger partial charge in [-0.05, 0) is 65.1 Å². The number of carbonyl (C=O) groups excluding carboxylic acids is 1. The Balaban J connectivity index is 1.77. The van der Waals surface area contributed by atoms with Crippen LogP contribution in [0.2, 0.25) is 0 Å². The molecule has 4 rings (SSSR count). The van der Waals surface area contributed by atoms with Crippen molar-refractivity contribution in [2.75, 3.05) is 0 Å². The summed E-state index contributed by atoms with van der Waals surface area (Å²) < 4.78 is 19.3. The smallest absolute Gasteiger partial charge is 0.338 e. The van der Waals surface area contributed by atoms with Crippen LogP contribution in [0.4, 0.5) is 4.39 Å². The summed E-state index contributed by atoms with van der Waals surface area (Å²) in [6.07, 6.45) is 0.457. The molecule has 4 N–H and O–H groups in total. The normalized spacial score (nSPS) is 16.2. The third-order valence-electron chi connectivity index (χ3n) is 7.39. The molecule has 1 aliphatic heterocycles. The highest BCUT2D eigenvalue weighted by Crippen LogP contribution is 2.46. The van der Waals surface area contributed by atoms with Gasteiger partial charge in [-0.25, -0.2) is 9.18 Å². The SMILES string of the molecule is CC(C)(CC(O)(CC(C)(C)c1cc(F)ccc1O)C(N)c1ccc2c(c1)COC2=O)c1ccccc1. The Hall–Kier alpha value is -3.22. The number of aromatic hydroxyl groups is 1. The van der Waals surface area contributed by atoms with E-state index in [0.717, 1.165) is 11.1 Å². The molecule has 0 saturated heterocycles. The summed E-state index contributed by atoms with van der Waals surface area (Å²) >= 11 is 0. The van der Waals surface area contributed by atoms with Crippen molar-refractivity contribution >= 4 is 5.97 Å². The van der Waals surface area contributed by atoms with Crippen molar-refractivity contribution in [3.8, 4) is 5.75 Å². The molecule has 0 aromatic heterocycles. The van der Waals surface area contributed by atoms with Crippen LogP contribution in [0.1, 0.15) is 79.2 Å². The molecule has 0 saturated carbocycles. The van der Waals surface area contributed by atoms with E-state index in [1.807, 2.05) is 50.2 Å². The van der Waals surface area contributed by atoms with E-state index in [1.165, 1.54) is 18.2 Å². The fraction of sp³-hybridized carbons (Fsp3) is 0.367. The minimum Gasteiger partial charge on any atom is -0.508 e. The van der Waals surface area contributed by atoms with Crippen LogP contribution in [0.15, 0.2) is 66.7 Å². The highest BCUT2D eigenvalue weighted by molar-refractivity contribution is 5.93. The van der Waals surface area contributed by atoms with E-state index in [1.54, 1.807) is 12.1 Å². The lowest BCUT2D eigenvalue weighted by Gasteiger charge is -2.45. The summed E-state index contributed by atoms with van der Waals surface area (Å²) in [6.45, 7) is 8.02. The monoisotopic (exact) mass is 491 g/mol. The van der Waals surface area contributed by atoms with Gasteiger partial charge < -0.3 is 20.7 Å². The second-order valence-electron chi connectivity index (χ2n) is 11.2. The molecular formula is C30H34FNO4. The molecule has 0 spiro atoms. The molecule has 190 valence electrons. The quantitative estimate of drug-likeness (QED) is 0.353. The Labute approximate surface area is 211 Å². The lowest BCUT2D eigenvalue weighted by Crippen LogP contribution is -2.49. The number of rotatable bonds is 8. The number of esters is 1.